The Morgan fingerprint density at radius 3 is 2.32 bits per heavy atom. The fraction of sp³-hybridized carbons (Fsp3) is 0.444. The van der Waals surface area contributed by atoms with Crippen LogP contribution < -0.4 is 0 Å². The highest BCUT2D eigenvalue weighted by atomic mass is 32.2. The van der Waals surface area contributed by atoms with E-state index in [1.54, 1.807) is 0 Å². The third kappa shape index (κ3) is 3.12. The number of imide groups is 1. The molecule has 2 amide bonds. The van der Waals surface area contributed by atoms with Gasteiger partial charge in [0.1, 0.15) is 0 Å². The van der Waals surface area contributed by atoms with Crippen molar-refractivity contribution in [2.45, 2.75) is 39.0 Å². The first kappa shape index (κ1) is 16.8. The zero-order valence-electron chi connectivity index (χ0n) is 13.6. The lowest BCUT2D eigenvalue weighted by atomic mass is 9.93. The molecule has 0 N–H and O–H groups in total. The highest BCUT2D eigenvalue weighted by molar-refractivity contribution is 8.13. The maximum Gasteiger partial charge on any atom is 0.289 e. The van der Waals surface area contributed by atoms with E-state index < -0.39 is 0 Å². The van der Waals surface area contributed by atoms with Crippen molar-refractivity contribution in [2.75, 3.05) is 0 Å². The van der Waals surface area contributed by atoms with Gasteiger partial charge in [0.05, 0.1) is 17.2 Å². The van der Waals surface area contributed by atoms with Gasteiger partial charge in [-0.2, -0.15) is 0 Å². The van der Waals surface area contributed by atoms with Crippen molar-refractivity contribution < 1.29 is 9.59 Å². The first-order chi connectivity index (χ1) is 10.3. The minimum atomic E-state index is -0.231. The topological polar surface area (TPSA) is 37.4 Å². The van der Waals surface area contributed by atoms with E-state index in [9.17, 15) is 9.59 Å². The molecule has 4 heteroatoms. The highest BCUT2D eigenvalue weighted by Crippen LogP contribution is 2.44. The molecule has 0 unspecified atom stereocenters. The number of amides is 2. The summed E-state index contributed by atoms with van der Waals surface area (Å²) in [5.74, 6) is -0.170. The Kier molecular flexibility index (Phi) is 5.12. The van der Waals surface area contributed by atoms with Crippen LogP contribution in [0, 0.1) is 11.8 Å². The SMILES string of the molecule is C=C(C)[C@H](C(C)C)N1C(=O)S[C@H](c2ccccc2)[C@@H](C)C1=O. The van der Waals surface area contributed by atoms with Crippen LogP contribution in [0.15, 0.2) is 42.5 Å². The van der Waals surface area contributed by atoms with Gasteiger partial charge < -0.3 is 0 Å². The molecule has 0 aliphatic carbocycles. The van der Waals surface area contributed by atoms with Crippen LogP contribution >= 0.6 is 11.8 Å². The summed E-state index contributed by atoms with van der Waals surface area (Å²) in [6.45, 7) is 11.8. The van der Waals surface area contributed by atoms with Gasteiger partial charge in [-0.1, -0.05) is 75.0 Å². The second-order valence-corrected chi connectivity index (χ2v) is 7.34. The van der Waals surface area contributed by atoms with E-state index in [2.05, 4.69) is 6.58 Å². The lowest BCUT2D eigenvalue weighted by Crippen LogP contribution is -2.51. The normalized spacial score (nSPS) is 23.8. The quantitative estimate of drug-likeness (QED) is 0.758. The van der Waals surface area contributed by atoms with E-state index in [0.29, 0.717) is 0 Å². The standard InChI is InChI=1S/C18H23NO2S/c1-11(2)15(12(3)4)19-17(20)13(5)16(22-18(19)21)14-9-7-6-8-10-14/h6-10,12-13,15-16H,1H2,2-5H3/t13-,15-,16+/m1/s1. The Morgan fingerprint density at radius 2 is 1.82 bits per heavy atom. The molecule has 1 heterocycles. The Labute approximate surface area is 136 Å². The van der Waals surface area contributed by atoms with Crippen LogP contribution in [0.5, 0.6) is 0 Å². The molecule has 1 aliphatic heterocycles. The molecule has 1 aromatic carbocycles. The van der Waals surface area contributed by atoms with Gasteiger partial charge >= 0.3 is 0 Å². The third-order valence-corrected chi connectivity index (χ3v) is 5.38. The molecule has 3 atom stereocenters. The fourth-order valence-corrected chi connectivity index (χ4v) is 4.19. The summed E-state index contributed by atoms with van der Waals surface area (Å²) in [4.78, 5) is 26.9. The Balaban J connectivity index is 2.32. The molecule has 1 aliphatic rings. The van der Waals surface area contributed by atoms with Gasteiger partial charge in [0, 0.05) is 0 Å². The van der Waals surface area contributed by atoms with E-state index in [1.807, 2.05) is 58.0 Å². The van der Waals surface area contributed by atoms with Gasteiger partial charge in [-0.15, -0.1) is 0 Å². The van der Waals surface area contributed by atoms with Crippen molar-refractivity contribution in [3.8, 4) is 0 Å². The summed E-state index contributed by atoms with van der Waals surface area (Å²) in [5.41, 5.74) is 1.88. The Hall–Kier alpha value is -1.55. The van der Waals surface area contributed by atoms with E-state index in [4.69, 9.17) is 0 Å². The molecule has 0 radical (unpaired) electrons. The first-order valence-electron chi connectivity index (χ1n) is 7.58. The molecule has 0 bridgehead atoms. The molecule has 0 spiro atoms. The minimum absolute atomic E-state index is 0.0979. The number of carbonyl (C=O) groups excluding carboxylic acids is 2. The molecule has 1 saturated heterocycles. The zero-order valence-corrected chi connectivity index (χ0v) is 14.4. The summed E-state index contributed by atoms with van der Waals surface area (Å²) in [6.07, 6.45) is 0. The van der Waals surface area contributed by atoms with Gasteiger partial charge in [0.25, 0.3) is 5.24 Å². The summed E-state index contributed by atoms with van der Waals surface area (Å²) in [6, 6.07) is 9.54. The predicted molar refractivity (Wildman–Crippen MR) is 91.6 cm³/mol. The van der Waals surface area contributed by atoms with Gasteiger partial charge in [-0.25, -0.2) is 0 Å². The van der Waals surface area contributed by atoms with Gasteiger partial charge in [-0.3, -0.25) is 14.5 Å². The summed E-state index contributed by atoms with van der Waals surface area (Å²) < 4.78 is 0. The molecule has 118 valence electrons. The van der Waals surface area contributed by atoms with Crippen LogP contribution in [-0.4, -0.2) is 22.1 Å². The average molecular weight is 317 g/mol. The molecule has 0 aromatic heterocycles. The average Bonchev–Trinajstić information content (AvgIpc) is 2.47. The van der Waals surface area contributed by atoms with E-state index in [1.165, 1.54) is 16.7 Å². The number of hydrogen-bond acceptors (Lipinski definition) is 3. The highest BCUT2D eigenvalue weighted by Gasteiger charge is 2.44. The number of thioether (sulfide) groups is 1. The van der Waals surface area contributed by atoms with Crippen LogP contribution in [0.4, 0.5) is 4.79 Å². The lowest BCUT2D eigenvalue weighted by molar-refractivity contribution is -0.133. The predicted octanol–water partition coefficient (Wildman–Crippen LogP) is 4.66. The minimum Gasteiger partial charge on any atom is -0.274 e. The smallest absolute Gasteiger partial charge is 0.274 e. The molecule has 22 heavy (non-hydrogen) atoms. The van der Waals surface area contributed by atoms with E-state index in [0.717, 1.165) is 11.1 Å². The summed E-state index contributed by atoms with van der Waals surface area (Å²) in [5, 5.41) is -0.283. The van der Waals surface area contributed by atoms with Crippen LogP contribution in [0.3, 0.4) is 0 Å². The Morgan fingerprint density at radius 1 is 1.23 bits per heavy atom. The molecular formula is C18H23NO2S. The van der Waals surface area contributed by atoms with Gasteiger partial charge in [0.15, 0.2) is 0 Å². The second kappa shape index (κ2) is 6.69. The number of benzene rings is 1. The Bertz CT molecular complexity index is 582. The number of carbonyl (C=O) groups is 2. The van der Waals surface area contributed by atoms with Crippen molar-refractivity contribution in [1.82, 2.24) is 4.90 Å². The maximum atomic E-state index is 12.8. The molecule has 1 aromatic rings. The van der Waals surface area contributed by atoms with Crippen LogP contribution in [0.25, 0.3) is 0 Å². The molecule has 2 rings (SSSR count). The summed E-state index contributed by atoms with van der Waals surface area (Å²) >= 11 is 1.25. The van der Waals surface area contributed by atoms with Crippen molar-refractivity contribution in [3.05, 3.63) is 48.0 Å². The van der Waals surface area contributed by atoms with Gasteiger partial charge in [0.2, 0.25) is 5.91 Å². The fourth-order valence-electron chi connectivity index (χ4n) is 3.04. The molecular weight excluding hydrogens is 294 g/mol. The largest absolute Gasteiger partial charge is 0.289 e. The zero-order chi connectivity index (χ0) is 16.4. The number of nitrogens with zero attached hydrogens (tertiary/aromatic N) is 1. The van der Waals surface area contributed by atoms with Gasteiger partial charge in [-0.05, 0) is 18.4 Å². The molecule has 1 fully saturated rings. The summed E-state index contributed by atoms with van der Waals surface area (Å²) in [7, 11) is 0. The lowest BCUT2D eigenvalue weighted by Gasteiger charge is -2.40. The third-order valence-electron chi connectivity index (χ3n) is 4.05. The van der Waals surface area contributed by atoms with Crippen LogP contribution in [-0.2, 0) is 4.79 Å². The van der Waals surface area contributed by atoms with E-state index >= 15 is 0 Å². The van der Waals surface area contributed by atoms with Crippen molar-refractivity contribution >= 4 is 22.9 Å². The number of hydrogen-bond donors (Lipinski definition) is 0. The molecule has 3 nitrogen and oxygen atoms in total. The van der Waals surface area contributed by atoms with Crippen molar-refractivity contribution in [3.63, 3.8) is 0 Å². The van der Waals surface area contributed by atoms with Crippen LogP contribution in [0.1, 0.15) is 38.5 Å². The maximum absolute atomic E-state index is 12.8. The molecule has 0 saturated carbocycles. The first-order valence-corrected chi connectivity index (χ1v) is 8.46. The number of rotatable bonds is 4. The van der Waals surface area contributed by atoms with Crippen LogP contribution in [0.2, 0.25) is 0 Å². The monoisotopic (exact) mass is 317 g/mol. The van der Waals surface area contributed by atoms with Crippen molar-refractivity contribution in [2.24, 2.45) is 11.8 Å². The second-order valence-electron chi connectivity index (χ2n) is 6.25. The van der Waals surface area contributed by atoms with E-state index in [-0.39, 0.29) is 34.3 Å². The van der Waals surface area contributed by atoms with Crippen molar-refractivity contribution in [1.29, 1.82) is 0 Å².